The summed E-state index contributed by atoms with van der Waals surface area (Å²) in [5.41, 5.74) is 3.98. The molecule has 2 saturated heterocycles. The SMILES string of the molecule is CC(C)(C)OC(=O)N1C[C@@H]2C[C@H]1C2C1(CN)CC1(F)F. The van der Waals surface area contributed by atoms with Crippen molar-refractivity contribution in [1.82, 2.24) is 4.90 Å². The lowest BCUT2D eigenvalue weighted by Crippen LogP contribution is -2.50. The van der Waals surface area contributed by atoms with Crippen molar-refractivity contribution in [2.75, 3.05) is 13.1 Å². The number of hydrogen-bond acceptors (Lipinski definition) is 3. The zero-order valence-electron chi connectivity index (χ0n) is 12.2. The van der Waals surface area contributed by atoms with Crippen LogP contribution in [0, 0.1) is 17.3 Å². The molecule has 2 aliphatic carbocycles. The van der Waals surface area contributed by atoms with E-state index in [1.807, 2.05) is 0 Å². The fraction of sp³-hybridized carbons (Fsp3) is 0.929. The minimum atomic E-state index is -2.66. The van der Waals surface area contributed by atoms with Gasteiger partial charge in [0.15, 0.2) is 0 Å². The van der Waals surface area contributed by atoms with Gasteiger partial charge in [-0.2, -0.15) is 0 Å². The van der Waals surface area contributed by atoms with E-state index in [0.717, 1.165) is 6.42 Å². The smallest absolute Gasteiger partial charge is 0.410 e. The predicted molar refractivity (Wildman–Crippen MR) is 69.4 cm³/mol. The Morgan fingerprint density at radius 2 is 2.05 bits per heavy atom. The molecule has 2 saturated carbocycles. The van der Waals surface area contributed by atoms with Gasteiger partial charge in [-0.05, 0) is 39.0 Å². The first kappa shape index (κ1) is 14.0. The largest absolute Gasteiger partial charge is 0.444 e. The van der Waals surface area contributed by atoms with Crippen LogP contribution in [0.15, 0.2) is 0 Å². The van der Waals surface area contributed by atoms with E-state index in [4.69, 9.17) is 10.5 Å². The van der Waals surface area contributed by atoms with Gasteiger partial charge in [0.05, 0.1) is 5.41 Å². The van der Waals surface area contributed by atoms with E-state index in [1.165, 1.54) is 0 Å². The van der Waals surface area contributed by atoms with Crippen molar-refractivity contribution in [3.63, 3.8) is 0 Å². The molecule has 0 radical (unpaired) electrons. The molecule has 1 amide bonds. The quantitative estimate of drug-likeness (QED) is 0.847. The van der Waals surface area contributed by atoms with E-state index < -0.39 is 16.9 Å². The minimum absolute atomic E-state index is 0.000173. The van der Waals surface area contributed by atoms with Crippen LogP contribution in [0.4, 0.5) is 13.6 Å². The third-order valence-corrected chi connectivity index (χ3v) is 5.07. The van der Waals surface area contributed by atoms with Crippen molar-refractivity contribution >= 4 is 6.09 Å². The Morgan fingerprint density at radius 1 is 1.45 bits per heavy atom. The number of carbonyl (C=O) groups excluding carboxylic acids is 1. The number of nitrogens with zero attached hydrogens (tertiary/aromatic N) is 1. The van der Waals surface area contributed by atoms with E-state index in [0.29, 0.717) is 6.54 Å². The summed E-state index contributed by atoms with van der Waals surface area (Å²) in [4.78, 5) is 13.8. The minimum Gasteiger partial charge on any atom is -0.444 e. The van der Waals surface area contributed by atoms with Crippen LogP contribution < -0.4 is 5.73 Å². The monoisotopic (exact) mass is 288 g/mol. The molecule has 6 heteroatoms. The van der Waals surface area contributed by atoms with E-state index in [9.17, 15) is 13.6 Å². The first-order chi connectivity index (χ1) is 9.11. The molecule has 0 aromatic rings. The van der Waals surface area contributed by atoms with Crippen molar-refractivity contribution < 1.29 is 18.3 Å². The molecule has 20 heavy (non-hydrogen) atoms. The summed E-state index contributed by atoms with van der Waals surface area (Å²) in [6.45, 7) is 5.94. The standard InChI is InChI=1S/C14H22F2N2O2/c1-12(2,3)20-11(19)18-5-8-4-9(18)10(8)13(7-17)6-14(13,15)16/h8-10H,4-7,17H2,1-3H3/t8-,9-,10?,13?/m0/s1. The summed E-state index contributed by atoms with van der Waals surface area (Å²) in [7, 11) is 0. The average molecular weight is 288 g/mol. The topological polar surface area (TPSA) is 55.6 Å². The van der Waals surface area contributed by atoms with E-state index >= 15 is 0 Å². The maximum atomic E-state index is 13.7. The number of carbonyl (C=O) groups is 1. The Labute approximate surface area is 117 Å². The summed E-state index contributed by atoms with van der Waals surface area (Å²) in [5.74, 6) is -2.66. The highest BCUT2D eigenvalue weighted by Gasteiger charge is 2.79. The van der Waals surface area contributed by atoms with Crippen LogP contribution in [0.5, 0.6) is 0 Å². The second kappa shape index (κ2) is 3.84. The highest BCUT2D eigenvalue weighted by molar-refractivity contribution is 5.70. The Balaban J connectivity index is 1.71. The first-order valence-electron chi connectivity index (χ1n) is 7.19. The Kier molecular flexibility index (Phi) is 2.70. The van der Waals surface area contributed by atoms with Crippen LogP contribution in [-0.4, -0.2) is 41.6 Å². The molecule has 2 N–H and O–H groups in total. The zero-order chi connectivity index (χ0) is 14.9. The van der Waals surface area contributed by atoms with Gasteiger partial charge in [0.1, 0.15) is 5.60 Å². The predicted octanol–water partition coefficient (Wildman–Crippen LogP) is 2.23. The molecule has 4 nitrogen and oxygen atoms in total. The van der Waals surface area contributed by atoms with Gasteiger partial charge < -0.3 is 15.4 Å². The van der Waals surface area contributed by atoms with Crippen molar-refractivity contribution in [2.45, 2.75) is 51.2 Å². The zero-order valence-corrected chi connectivity index (χ0v) is 12.2. The summed E-state index contributed by atoms with van der Waals surface area (Å²) in [5, 5.41) is 0. The van der Waals surface area contributed by atoms with Gasteiger partial charge in [-0.25, -0.2) is 13.6 Å². The molecule has 0 aromatic heterocycles. The normalized spacial score (nSPS) is 41.3. The lowest BCUT2D eigenvalue weighted by molar-refractivity contribution is -0.0180. The summed E-state index contributed by atoms with van der Waals surface area (Å²) in [6.07, 6.45) is 0.293. The van der Waals surface area contributed by atoms with Gasteiger partial charge in [0.25, 0.3) is 5.92 Å². The average Bonchev–Trinajstić information content (AvgIpc) is 2.69. The molecular formula is C14H22F2N2O2. The Morgan fingerprint density at radius 3 is 2.50 bits per heavy atom. The highest BCUT2D eigenvalue weighted by atomic mass is 19.3. The van der Waals surface area contributed by atoms with Crippen LogP contribution in [-0.2, 0) is 4.74 Å². The molecule has 0 spiro atoms. The Hall–Kier alpha value is -0.910. The number of alkyl halides is 2. The van der Waals surface area contributed by atoms with Crippen LogP contribution in [0.2, 0.25) is 0 Å². The lowest BCUT2D eigenvalue weighted by Gasteiger charge is -2.42. The van der Waals surface area contributed by atoms with Gasteiger partial charge in [-0.1, -0.05) is 0 Å². The van der Waals surface area contributed by atoms with Gasteiger partial charge in [-0.3, -0.25) is 0 Å². The highest BCUT2D eigenvalue weighted by Crippen LogP contribution is 2.71. The maximum Gasteiger partial charge on any atom is 0.410 e. The molecule has 4 fully saturated rings. The summed E-state index contributed by atoms with van der Waals surface area (Å²) in [6, 6.07) is -0.119. The van der Waals surface area contributed by atoms with E-state index in [-0.39, 0.29) is 36.9 Å². The maximum absolute atomic E-state index is 13.7. The van der Waals surface area contributed by atoms with Crippen LogP contribution >= 0.6 is 0 Å². The molecule has 2 aliphatic heterocycles. The van der Waals surface area contributed by atoms with E-state index in [2.05, 4.69) is 0 Å². The summed E-state index contributed by atoms with van der Waals surface area (Å²) < 4.78 is 32.7. The molecule has 114 valence electrons. The number of nitrogens with two attached hydrogens (primary N) is 1. The fourth-order valence-electron chi connectivity index (χ4n) is 4.04. The molecule has 2 unspecified atom stereocenters. The second-order valence-electron chi connectivity index (χ2n) is 7.46. The molecule has 2 heterocycles. The van der Waals surface area contributed by atoms with Gasteiger partial charge in [0, 0.05) is 25.6 Å². The molecule has 4 rings (SSSR count). The van der Waals surface area contributed by atoms with Crippen LogP contribution in [0.25, 0.3) is 0 Å². The molecule has 4 aliphatic rings. The van der Waals surface area contributed by atoms with Gasteiger partial charge >= 0.3 is 6.09 Å². The molecule has 0 aromatic carbocycles. The van der Waals surface area contributed by atoms with Gasteiger partial charge in [-0.15, -0.1) is 0 Å². The van der Waals surface area contributed by atoms with Crippen molar-refractivity contribution in [2.24, 2.45) is 23.0 Å². The Bertz CT molecular complexity index is 449. The van der Waals surface area contributed by atoms with Crippen LogP contribution in [0.3, 0.4) is 0 Å². The van der Waals surface area contributed by atoms with Crippen molar-refractivity contribution in [3.8, 4) is 0 Å². The lowest BCUT2D eigenvalue weighted by atomic mass is 9.65. The van der Waals surface area contributed by atoms with Crippen LogP contribution in [0.1, 0.15) is 33.6 Å². The molecule has 2 bridgehead atoms. The number of fused-ring (bicyclic) bond motifs is 1. The fourth-order valence-corrected chi connectivity index (χ4v) is 4.04. The molecule has 4 atom stereocenters. The van der Waals surface area contributed by atoms with E-state index in [1.54, 1.807) is 25.7 Å². The number of halogens is 2. The van der Waals surface area contributed by atoms with Gasteiger partial charge in [0.2, 0.25) is 0 Å². The number of ether oxygens (including phenoxy) is 1. The first-order valence-corrected chi connectivity index (χ1v) is 7.19. The number of amides is 1. The third kappa shape index (κ3) is 1.76. The second-order valence-corrected chi connectivity index (χ2v) is 7.46. The molecular weight excluding hydrogens is 266 g/mol. The number of hydrogen-bond donors (Lipinski definition) is 1. The van der Waals surface area contributed by atoms with Crippen molar-refractivity contribution in [1.29, 1.82) is 0 Å². The summed E-state index contributed by atoms with van der Waals surface area (Å²) >= 11 is 0. The van der Waals surface area contributed by atoms with Crippen molar-refractivity contribution in [3.05, 3.63) is 0 Å². The number of rotatable bonds is 2. The third-order valence-electron chi connectivity index (χ3n) is 5.07.